The van der Waals surface area contributed by atoms with Gasteiger partial charge in [-0.15, -0.1) is 24.9 Å². The summed E-state index contributed by atoms with van der Waals surface area (Å²) in [5, 5.41) is 9.19. The Bertz CT molecular complexity index is 834. The van der Waals surface area contributed by atoms with Crippen LogP contribution in [0.1, 0.15) is 65.7 Å². The van der Waals surface area contributed by atoms with E-state index in [2.05, 4.69) is 20.1 Å². The molecular weight excluding hydrogens is 474 g/mol. The van der Waals surface area contributed by atoms with Crippen molar-refractivity contribution in [3.63, 3.8) is 0 Å². The molecule has 0 aromatic heterocycles. The Morgan fingerprint density at radius 2 is 1.86 bits per heavy atom. The average molecular weight is 520 g/mol. The molecule has 8 heteroatoms. The number of carbonyl (C=O) groups is 3. The number of fused-ring (bicyclic) bond motifs is 1. The molecule has 36 heavy (non-hydrogen) atoms. The number of thioether (sulfide) groups is 1. The first-order valence-electron chi connectivity index (χ1n) is 13.7. The largest absolute Gasteiger partial charge is 0.396 e. The molecule has 5 atom stereocenters. The molecule has 3 amide bonds. The molecule has 3 rings (SSSR count). The highest BCUT2D eigenvalue weighted by Gasteiger charge is 2.74. The van der Waals surface area contributed by atoms with Crippen LogP contribution >= 0.6 is 11.8 Å². The van der Waals surface area contributed by atoms with Gasteiger partial charge >= 0.3 is 0 Å². The van der Waals surface area contributed by atoms with E-state index >= 15 is 0 Å². The van der Waals surface area contributed by atoms with Gasteiger partial charge in [0.1, 0.15) is 6.04 Å². The van der Waals surface area contributed by atoms with Gasteiger partial charge in [-0.2, -0.15) is 0 Å². The number of unbranched alkanes of at least 4 members (excludes halogenated alkanes) is 3. The predicted molar refractivity (Wildman–Crippen MR) is 145 cm³/mol. The molecule has 3 aliphatic heterocycles. The number of rotatable bonds is 15. The molecule has 0 aromatic rings. The fraction of sp³-hybridized carbons (Fsp3) is 0.750. The Kier molecular flexibility index (Phi) is 10.1. The van der Waals surface area contributed by atoms with Gasteiger partial charge in [0.05, 0.1) is 16.6 Å². The van der Waals surface area contributed by atoms with Crippen molar-refractivity contribution >= 4 is 29.5 Å². The number of likely N-dealkylation sites (tertiary alicyclic amines) is 1. The predicted octanol–water partition coefficient (Wildman–Crippen LogP) is 3.48. The van der Waals surface area contributed by atoms with E-state index in [9.17, 15) is 14.4 Å². The summed E-state index contributed by atoms with van der Waals surface area (Å²) in [5.74, 6) is -0.849. The molecule has 0 saturated carbocycles. The number of nitrogens with zero attached hydrogens (tertiary/aromatic N) is 3. The zero-order valence-corrected chi connectivity index (χ0v) is 23.2. The van der Waals surface area contributed by atoms with E-state index in [1.165, 1.54) is 0 Å². The highest BCUT2D eigenvalue weighted by atomic mass is 32.2. The van der Waals surface area contributed by atoms with Crippen LogP contribution in [-0.4, -0.2) is 92.4 Å². The van der Waals surface area contributed by atoms with Crippen LogP contribution in [0.4, 0.5) is 0 Å². The number of amides is 3. The summed E-state index contributed by atoms with van der Waals surface area (Å²) in [5.41, 5.74) is 0. The Balaban J connectivity index is 1.96. The van der Waals surface area contributed by atoms with E-state index in [0.717, 1.165) is 44.9 Å². The molecule has 0 aromatic carbocycles. The highest BCUT2D eigenvalue weighted by Crippen LogP contribution is 2.66. The monoisotopic (exact) mass is 519 g/mol. The lowest BCUT2D eigenvalue weighted by Crippen LogP contribution is -2.56. The molecule has 1 spiro atoms. The lowest BCUT2D eigenvalue weighted by Gasteiger charge is -2.38. The minimum Gasteiger partial charge on any atom is -0.396 e. The number of aliphatic hydroxyl groups excluding tert-OH is 1. The zero-order valence-electron chi connectivity index (χ0n) is 22.4. The van der Waals surface area contributed by atoms with Crippen LogP contribution in [0.15, 0.2) is 25.3 Å². The van der Waals surface area contributed by atoms with Crippen molar-refractivity contribution in [2.75, 3.05) is 32.8 Å². The van der Waals surface area contributed by atoms with Crippen molar-refractivity contribution in [2.45, 2.75) is 87.8 Å². The van der Waals surface area contributed by atoms with Gasteiger partial charge in [0.15, 0.2) is 0 Å². The van der Waals surface area contributed by atoms with E-state index in [0.29, 0.717) is 26.2 Å². The Morgan fingerprint density at radius 3 is 2.47 bits per heavy atom. The molecule has 2 bridgehead atoms. The quantitative estimate of drug-likeness (QED) is 0.265. The number of hydrogen-bond donors (Lipinski definition) is 1. The number of carbonyl (C=O) groups excluding carboxylic acids is 3. The van der Waals surface area contributed by atoms with Crippen molar-refractivity contribution in [3.05, 3.63) is 25.3 Å². The van der Waals surface area contributed by atoms with Gasteiger partial charge < -0.3 is 19.8 Å². The van der Waals surface area contributed by atoms with Crippen molar-refractivity contribution in [1.29, 1.82) is 0 Å². The van der Waals surface area contributed by atoms with E-state index in [-0.39, 0.29) is 41.5 Å². The average Bonchev–Trinajstić information content (AvgIpc) is 3.49. The second-order valence-corrected chi connectivity index (χ2v) is 12.3. The first-order valence-corrected chi connectivity index (χ1v) is 14.6. The SMILES string of the molecule is C=CCN(CCC)C(=O)[C@@H]1[C@H]2C(=O)N(CCCCCCO)C(C(=O)N(CC=C)C(C)C)C23CC[C@H]1S3. The molecule has 1 N–H and O–H groups in total. The van der Waals surface area contributed by atoms with Crippen LogP contribution in [0.2, 0.25) is 0 Å². The molecule has 3 saturated heterocycles. The first-order chi connectivity index (χ1) is 17.3. The summed E-state index contributed by atoms with van der Waals surface area (Å²) in [7, 11) is 0. The maximum Gasteiger partial charge on any atom is 0.247 e. The van der Waals surface area contributed by atoms with E-state index in [4.69, 9.17) is 5.11 Å². The van der Waals surface area contributed by atoms with E-state index < -0.39 is 16.7 Å². The van der Waals surface area contributed by atoms with Crippen molar-refractivity contribution in [3.8, 4) is 0 Å². The topological polar surface area (TPSA) is 81.2 Å². The maximum absolute atomic E-state index is 14.1. The smallest absolute Gasteiger partial charge is 0.247 e. The van der Waals surface area contributed by atoms with Crippen molar-refractivity contribution in [2.24, 2.45) is 11.8 Å². The third-order valence-corrected chi connectivity index (χ3v) is 9.97. The van der Waals surface area contributed by atoms with Gasteiger partial charge in [0.2, 0.25) is 17.7 Å². The van der Waals surface area contributed by atoms with Gasteiger partial charge in [0, 0.05) is 44.1 Å². The van der Waals surface area contributed by atoms with Crippen LogP contribution < -0.4 is 0 Å². The number of aliphatic hydroxyl groups is 1. The Hall–Kier alpha value is -1.80. The van der Waals surface area contributed by atoms with Crippen molar-refractivity contribution < 1.29 is 19.5 Å². The normalized spacial score (nSPS) is 28.5. The van der Waals surface area contributed by atoms with Crippen LogP contribution in [0, 0.1) is 11.8 Å². The summed E-state index contributed by atoms with van der Waals surface area (Å²) in [6.45, 7) is 16.0. The fourth-order valence-electron chi connectivity index (χ4n) is 6.48. The second kappa shape index (κ2) is 12.6. The molecule has 3 heterocycles. The molecule has 3 aliphatic rings. The molecule has 0 radical (unpaired) electrons. The summed E-state index contributed by atoms with van der Waals surface area (Å²) < 4.78 is -0.551. The molecule has 7 nitrogen and oxygen atoms in total. The van der Waals surface area contributed by atoms with E-state index in [1.807, 2.05) is 28.5 Å². The maximum atomic E-state index is 14.1. The molecule has 0 aliphatic carbocycles. The van der Waals surface area contributed by atoms with Gasteiger partial charge in [-0.05, 0) is 46.0 Å². The second-order valence-electron chi connectivity index (χ2n) is 10.7. The lowest BCUT2D eigenvalue weighted by atomic mass is 9.70. The highest BCUT2D eigenvalue weighted by molar-refractivity contribution is 8.02. The van der Waals surface area contributed by atoms with Crippen molar-refractivity contribution in [1.82, 2.24) is 14.7 Å². The summed E-state index contributed by atoms with van der Waals surface area (Å²) >= 11 is 1.74. The minimum atomic E-state index is -0.554. The molecule has 3 fully saturated rings. The lowest BCUT2D eigenvalue weighted by molar-refractivity contribution is -0.145. The third-order valence-electron chi connectivity index (χ3n) is 8.01. The molecule has 2 unspecified atom stereocenters. The molecular formula is C28H45N3O4S. The Labute approximate surface area is 221 Å². The van der Waals surface area contributed by atoms with Crippen LogP contribution in [0.25, 0.3) is 0 Å². The van der Waals surface area contributed by atoms with Gasteiger partial charge in [-0.3, -0.25) is 14.4 Å². The standard InChI is InChI=1S/C28H45N3O4S/c1-6-15-29(16-7-2)25(33)22-21-13-14-28(36-21)23(22)26(34)31(18-11-9-10-12-19-32)24(28)27(35)30(17-8-3)20(4)5/h6,8,20-24,32H,1,3,7,9-19H2,2,4-5H3/t21-,22+,23+,24?,28?/m1/s1. The van der Waals surface area contributed by atoms with Crippen LogP contribution in [-0.2, 0) is 14.4 Å². The zero-order chi connectivity index (χ0) is 26.5. The van der Waals surface area contributed by atoms with Crippen LogP contribution in [0.5, 0.6) is 0 Å². The minimum absolute atomic E-state index is 0.0128. The Morgan fingerprint density at radius 1 is 1.17 bits per heavy atom. The van der Waals surface area contributed by atoms with E-state index in [1.54, 1.807) is 23.9 Å². The van der Waals surface area contributed by atoms with Gasteiger partial charge in [-0.25, -0.2) is 0 Å². The summed E-state index contributed by atoms with van der Waals surface area (Å²) in [6, 6.07) is -0.567. The van der Waals surface area contributed by atoms with Crippen LogP contribution in [0.3, 0.4) is 0 Å². The third kappa shape index (κ3) is 5.26. The van der Waals surface area contributed by atoms with Gasteiger partial charge in [0.25, 0.3) is 0 Å². The van der Waals surface area contributed by atoms with Gasteiger partial charge in [-0.1, -0.05) is 31.9 Å². The number of hydrogen-bond acceptors (Lipinski definition) is 5. The fourth-order valence-corrected chi connectivity index (χ4v) is 8.69. The summed E-state index contributed by atoms with van der Waals surface area (Å²) in [6.07, 6.45) is 9.30. The summed E-state index contributed by atoms with van der Waals surface area (Å²) in [4.78, 5) is 47.5. The molecule has 202 valence electrons. The first kappa shape index (κ1) is 28.8.